The average Bonchev–Trinajstić information content (AvgIpc) is 2.94. The first-order chi connectivity index (χ1) is 10.2. The number of halogens is 3. The van der Waals surface area contributed by atoms with Gasteiger partial charge in [-0.1, -0.05) is 12.1 Å². The van der Waals surface area contributed by atoms with Crippen molar-refractivity contribution in [3.63, 3.8) is 0 Å². The first-order valence-electron chi connectivity index (χ1n) is 6.98. The lowest BCUT2D eigenvalue weighted by Gasteiger charge is -2.22. The summed E-state index contributed by atoms with van der Waals surface area (Å²) in [5.41, 5.74) is 5.61. The Bertz CT molecular complexity index is 569. The average molecular weight is 314 g/mol. The van der Waals surface area contributed by atoms with Crippen molar-refractivity contribution < 1.29 is 22.8 Å². The molecule has 0 radical (unpaired) electrons. The van der Waals surface area contributed by atoms with Gasteiger partial charge < -0.3 is 10.6 Å². The van der Waals surface area contributed by atoms with Crippen LogP contribution in [0.3, 0.4) is 0 Å². The van der Waals surface area contributed by atoms with Crippen molar-refractivity contribution in [3.05, 3.63) is 35.4 Å². The van der Waals surface area contributed by atoms with E-state index in [0.29, 0.717) is 19.4 Å². The number of primary amides is 1. The van der Waals surface area contributed by atoms with Gasteiger partial charge >= 0.3 is 6.18 Å². The molecule has 1 saturated heterocycles. The summed E-state index contributed by atoms with van der Waals surface area (Å²) in [5.74, 6) is -2.54. The number of amides is 2. The zero-order valence-electron chi connectivity index (χ0n) is 12.1. The minimum Gasteiger partial charge on any atom is -0.368 e. The smallest absolute Gasteiger partial charge is 0.368 e. The number of hydrogen-bond donors (Lipinski definition) is 1. The topological polar surface area (TPSA) is 63.4 Å². The van der Waals surface area contributed by atoms with Gasteiger partial charge in [0.25, 0.3) is 5.91 Å². The normalized spacial score (nSPS) is 20.0. The van der Waals surface area contributed by atoms with Crippen LogP contribution in [0, 0.1) is 0 Å². The predicted molar refractivity (Wildman–Crippen MR) is 74.2 cm³/mol. The van der Waals surface area contributed by atoms with Crippen LogP contribution in [0.15, 0.2) is 24.3 Å². The number of likely N-dealkylation sites (tertiary alicyclic amines) is 1. The van der Waals surface area contributed by atoms with Gasteiger partial charge in [-0.2, -0.15) is 13.2 Å². The Hall–Kier alpha value is -2.05. The Morgan fingerprint density at radius 2 is 1.86 bits per heavy atom. The maximum Gasteiger partial charge on any atom is 0.395 e. The van der Waals surface area contributed by atoms with E-state index in [1.165, 1.54) is 29.2 Å². The van der Waals surface area contributed by atoms with Crippen LogP contribution in [0.5, 0.6) is 0 Å². The molecule has 1 unspecified atom stereocenters. The van der Waals surface area contributed by atoms with Crippen LogP contribution >= 0.6 is 0 Å². The molecule has 0 aliphatic carbocycles. The molecule has 1 aliphatic heterocycles. The van der Waals surface area contributed by atoms with E-state index in [1.807, 2.05) is 0 Å². The van der Waals surface area contributed by atoms with E-state index in [0.717, 1.165) is 6.92 Å². The van der Waals surface area contributed by atoms with Crippen LogP contribution in [0.1, 0.15) is 41.6 Å². The van der Waals surface area contributed by atoms with Gasteiger partial charge in [-0.25, -0.2) is 0 Å². The molecule has 120 valence electrons. The van der Waals surface area contributed by atoms with Crippen molar-refractivity contribution in [3.8, 4) is 0 Å². The summed E-state index contributed by atoms with van der Waals surface area (Å²) in [7, 11) is 0. The van der Waals surface area contributed by atoms with Crippen molar-refractivity contribution in [2.45, 2.75) is 37.9 Å². The minimum absolute atomic E-state index is 0.0944. The molecular formula is C15H17F3N2O2. The first kappa shape index (κ1) is 16.3. The third kappa shape index (κ3) is 3.23. The van der Waals surface area contributed by atoms with E-state index in [4.69, 9.17) is 5.73 Å². The number of nitrogens with two attached hydrogens (primary N) is 1. The second-order valence-corrected chi connectivity index (χ2v) is 5.44. The van der Waals surface area contributed by atoms with Gasteiger partial charge in [0.2, 0.25) is 5.91 Å². The Labute approximate surface area is 126 Å². The minimum atomic E-state index is -4.32. The highest BCUT2D eigenvalue weighted by Crippen LogP contribution is 2.34. The van der Waals surface area contributed by atoms with E-state index in [1.54, 1.807) is 0 Å². The van der Waals surface area contributed by atoms with Crippen molar-refractivity contribution >= 4 is 11.8 Å². The van der Waals surface area contributed by atoms with Gasteiger partial charge in [0.1, 0.15) is 6.04 Å². The first-order valence-corrected chi connectivity index (χ1v) is 6.98. The predicted octanol–water partition coefficient (Wildman–Crippen LogP) is 2.44. The lowest BCUT2D eigenvalue weighted by Crippen LogP contribution is -2.43. The molecule has 7 heteroatoms. The number of carbonyl (C=O) groups excluding carboxylic acids is 2. The third-order valence-corrected chi connectivity index (χ3v) is 3.99. The number of carbonyl (C=O) groups is 2. The second kappa shape index (κ2) is 5.98. The summed E-state index contributed by atoms with van der Waals surface area (Å²) >= 11 is 0. The van der Waals surface area contributed by atoms with Gasteiger partial charge in [0.15, 0.2) is 0 Å². The SMILES string of the molecule is CC(c1ccc(C(=O)N2CCC[C@H]2C(N)=O)cc1)C(F)(F)F. The molecule has 2 N–H and O–H groups in total. The van der Waals surface area contributed by atoms with Crippen LogP contribution in [-0.4, -0.2) is 35.5 Å². The molecule has 2 rings (SSSR count). The molecule has 0 bridgehead atoms. The number of rotatable bonds is 3. The highest BCUT2D eigenvalue weighted by Gasteiger charge is 2.37. The summed E-state index contributed by atoms with van der Waals surface area (Å²) in [4.78, 5) is 25.0. The van der Waals surface area contributed by atoms with Crippen molar-refractivity contribution in [1.82, 2.24) is 4.90 Å². The summed E-state index contributed by atoms with van der Waals surface area (Å²) in [5, 5.41) is 0. The van der Waals surface area contributed by atoms with Crippen molar-refractivity contribution in [2.24, 2.45) is 5.73 Å². The van der Waals surface area contributed by atoms with E-state index in [-0.39, 0.29) is 17.0 Å². The zero-order valence-corrected chi connectivity index (χ0v) is 12.1. The Morgan fingerprint density at radius 3 is 2.36 bits per heavy atom. The second-order valence-electron chi connectivity index (χ2n) is 5.44. The van der Waals surface area contributed by atoms with Gasteiger partial charge in [0, 0.05) is 12.1 Å². The molecule has 0 aromatic heterocycles. The molecule has 1 fully saturated rings. The molecule has 4 nitrogen and oxygen atoms in total. The zero-order chi connectivity index (χ0) is 16.5. The van der Waals surface area contributed by atoms with E-state index >= 15 is 0 Å². The maximum atomic E-state index is 12.7. The fourth-order valence-electron chi connectivity index (χ4n) is 2.57. The molecule has 1 aromatic rings. The molecule has 1 aliphatic rings. The number of hydrogen-bond acceptors (Lipinski definition) is 2. The van der Waals surface area contributed by atoms with Crippen LogP contribution in [-0.2, 0) is 4.79 Å². The van der Waals surface area contributed by atoms with Crippen LogP contribution in [0.4, 0.5) is 13.2 Å². The van der Waals surface area contributed by atoms with Gasteiger partial charge in [-0.3, -0.25) is 9.59 Å². The van der Waals surface area contributed by atoms with Gasteiger partial charge in [-0.15, -0.1) is 0 Å². The number of alkyl halides is 3. The maximum absolute atomic E-state index is 12.7. The monoisotopic (exact) mass is 314 g/mol. The molecule has 0 saturated carbocycles. The molecular weight excluding hydrogens is 297 g/mol. The van der Waals surface area contributed by atoms with E-state index in [9.17, 15) is 22.8 Å². The molecule has 22 heavy (non-hydrogen) atoms. The summed E-state index contributed by atoms with van der Waals surface area (Å²) < 4.78 is 38.0. The molecule has 2 atom stereocenters. The van der Waals surface area contributed by atoms with Crippen LogP contribution in [0.25, 0.3) is 0 Å². The fourth-order valence-corrected chi connectivity index (χ4v) is 2.57. The van der Waals surface area contributed by atoms with Crippen molar-refractivity contribution in [2.75, 3.05) is 6.54 Å². The Kier molecular flexibility index (Phi) is 4.44. The third-order valence-electron chi connectivity index (χ3n) is 3.99. The standard InChI is InChI=1S/C15H17F3N2O2/c1-9(15(16,17)18)10-4-6-11(7-5-10)14(22)20-8-2-3-12(20)13(19)21/h4-7,9,12H,2-3,8H2,1H3,(H2,19,21)/t9?,12-/m0/s1. The number of nitrogens with zero attached hydrogens (tertiary/aromatic N) is 1. The van der Waals surface area contributed by atoms with E-state index < -0.39 is 24.0 Å². The lowest BCUT2D eigenvalue weighted by atomic mass is 9.99. The number of benzene rings is 1. The highest BCUT2D eigenvalue weighted by molar-refractivity contribution is 5.97. The molecule has 1 aromatic carbocycles. The highest BCUT2D eigenvalue weighted by atomic mass is 19.4. The Balaban J connectivity index is 2.17. The fraction of sp³-hybridized carbons (Fsp3) is 0.467. The summed E-state index contributed by atoms with van der Waals surface area (Å²) in [6, 6.07) is 4.66. The van der Waals surface area contributed by atoms with Crippen LogP contribution in [0.2, 0.25) is 0 Å². The summed E-state index contributed by atoms with van der Waals surface area (Å²) in [6.07, 6.45) is -3.12. The van der Waals surface area contributed by atoms with Crippen LogP contribution < -0.4 is 5.73 Å². The van der Waals surface area contributed by atoms with Gasteiger partial charge in [0.05, 0.1) is 5.92 Å². The van der Waals surface area contributed by atoms with Gasteiger partial charge in [-0.05, 0) is 37.5 Å². The lowest BCUT2D eigenvalue weighted by molar-refractivity contribution is -0.146. The largest absolute Gasteiger partial charge is 0.395 e. The Morgan fingerprint density at radius 1 is 1.27 bits per heavy atom. The van der Waals surface area contributed by atoms with E-state index in [2.05, 4.69) is 0 Å². The van der Waals surface area contributed by atoms with Crippen molar-refractivity contribution in [1.29, 1.82) is 0 Å². The summed E-state index contributed by atoms with van der Waals surface area (Å²) in [6.45, 7) is 1.49. The molecule has 0 spiro atoms. The molecule has 1 heterocycles. The molecule has 2 amide bonds. The quantitative estimate of drug-likeness (QED) is 0.931.